The highest BCUT2D eigenvalue weighted by Gasteiger charge is 2.19. The fraction of sp³-hybridized carbons (Fsp3) is 0.250. The molecule has 4 aromatic heterocycles. The number of thiazole rings is 1. The van der Waals surface area contributed by atoms with Crippen molar-refractivity contribution in [2.75, 3.05) is 5.32 Å². The van der Waals surface area contributed by atoms with Crippen LogP contribution in [0.25, 0.3) is 17.2 Å². The second-order valence-corrected chi connectivity index (χ2v) is 10.2. The van der Waals surface area contributed by atoms with E-state index in [-0.39, 0.29) is 12.3 Å². The van der Waals surface area contributed by atoms with Crippen molar-refractivity contribution >= 4 is 56.9 Å². The number of aromatic nitrogens is 5. The third kappa shape index (κ3) is 4.64. The lowest BCUT2D eigenvalue weighted by atomic mass is 10.1. The van der Waals surface area contributed by atoms with Crippen LogP contribution < -0.4 is 5.32 Å². The van der Waals surface area contributed by atoms with E-state index in [1.54, 1.807) is 10.7 Å². The minimum atomic E-state index is -0.178. The largest absolute Gasteiger partial charge is 0.302 e. The Hall–Kier alpha value is -2.33. The highest BCUT2D eigenvalue weighted by molar-refractivity contribution is 7.20. The summed E-state index contributed by atoms with van der Waals surface area (Å²) < 4.78 is 2.84. The summed E-state index contributed by atoms with van der Waals surface area (Å²) >= 11 is 14.8. The molecule has 4 rings (SSSR count). The number of thiophene rings is 1. The predicted octanol–water partition coefficient (Wildman–Crippen LogP) is 5.57. The van der Waals surface area contributed by atoms with Crippen LogP contribution in [0.1, 0.15) is 28.3 Å². The highest BCUT2D eigenvalue weighted by atomic mass is 35.5. The predicted molar refractivity (Wildman–Crippen MR) is 126 cm³/mol. The molecule has 0 atom stereocenters. The van der Waals surface area contributed by atoms with Gasteiger partial charge < -0.3 is 5.32 Å². The van der Waals surface area contributed by atoms with Crippen molar-refractivity contribution in [3.8, 4) is 17.2 Å². The first-order chi connectivity index (χ1) is 14.7. The molecule has 0 radical (unpaired) electrons. The van der Waals surface area contributed by atoms with Crippen LogP contribution in [-0.4, -0.2) is 30.6 Å². The van der Waals surface area contributed by atoms with Crippen molar-refractivity contribution in [2.45, 2.75) is 34.1 Å². The van der Waals surface area contributed by atoms with Gasteiger partial charge in [-0.1, -0.05) is 23.2 Å². The van der Waals surface area contributed by atoms with Crippen molar-refractivity contribution in [1.29, 1.82) is 0 Å². The second-order valence-electron chi connectivity index (χ2n) is 7.01. The van der Waals surface area contributed by atoms with Gasteiger partial charge in [0.2, 0.25) is 5.91 Å². The van der Waals surface area contributed by atoms with Crippen LogP contribution in [0.2, 0.25) is 8.67 Å². The van der Waals surface area contributed by atoms with Crippen molar-refractivity contribution < 1.29 is 4.79 Å². The van der Waals surface area contributed by atoms with Crippen molar-refractivity contribution in [1.82, 2.24) is 24.7 Å². The first-order valence-electron chi connectivity index (χ1n) is 9.29. The molecule has 0 unspecified atom stereocenters. The van der Waals surface area contributed by atoms with Crippen LogP contribution in [0.15, 0.2) is 17.5 Å². The average molecular weight is 493 g/mol. The summed E-state index contributed by atoms with van der Waals surface area (Å²) in [7, 11) is 0. The molecule has 0 aliphatic rings. The molecule has 0 saturated carbocycles. The molecule has 0 fully saturated rings. The van der Waals surface area contributed by atoms with Crippen LogP contribution >= 0.6 is 45.9 Å². The minimum Gasteiger partial charge on any atom is -0.302 e. The highest BCUT2D eigenvalue weighted by Crippen LogP contribution is 2.39. The third-order valence-corrected chi connectivity index (χ3v) is 6.87. The molecule has 4 aromatic rings. The summed E-state index contributed by atoms with van der Waals surface area (Å²) in [4.78, 5) is 26.1. The Labute approximate surface area is 197 Å². The summed E-state index contributed by atoms with van der Waals surface area (Å²) in [6.45, 7) is 7.61. The summed E-state index contributed by atoms with van der Waals surface area (Å²) in [5.41, 5.74) is 5.59. The van der Waals surface area contributed by atoms with Crippen LogP contribution in [0.5, 0.6) is 0 Å². The van der Waals surface area contributed by atoms with Gasteiger partial charge in [0, 0.05) is 33.6 Å². The lowest BCUT2D eigenvalue weighted by Gasteiger charge is -2.06. The number of halogens is 2. The molecule has 7 nitrogen and oxygen atoms in total. The van der Waals surface area contributed by atoms with Gasteiger partial charge in [-0.25, -0.2) is 19.6 Å². The maximum atomic E-state index is 12.7. The molecule has 160 valence electrons. The Morgan fingerprint density at radius 1 is 1.10 bits per heavy atom. The first kappa shape index (κ1) is 21.9. The molecule has 11 heteroatoms. The van der Waals surface area contributed by atoms with E-state index in [9.17, 15) is 4.79 Å². The van der Waals surface area contributed by atoms with Gasteiger partial charge in [0.05, 0.1) is 22.1 Å². The Morgan fingerprint density at radius 3 is 2.45 bits per heavy atom. The van der Waals surface area contributed by atoms with E-state index >= 15 is 0 Å². The van der Waals surface area contributed by atoms with Gasteiger partial charge in [0.25, 0.3) is 5.95 Å². The minimum absolute atomic E-state index is 0.169. The summed E-state index contributed by atoms with van der Waals surface area (Å²) in [5, 5.41) is 9.75. The molecule has 0 aromatic carbocycles. The molecular weight excluding hydrogens is 475 g/mol. The van der Waals surface area contributed by atoms with Crippen LogP contribution in [0.4, 0.5) is 5.13 Å². The number of nitrogens with zero attached hydrogens (tertiary/aromatic N) is 5. The normalized spacial score (nSPS) is 11.2. The number of aryl methyl sites for hydroxylation is 3. The van der Waals surface area contributed by atoms with Gasteiger partial charge in [-0.15, -0.1) is 22.7 Å². The first-order valence-corrected chi connectivity index (χ1v) is 11.7. The summed E-state index contributed by atoms with van der Waals surface area (Å²) in [5.74, 6) is 0.322. The molecule has 1 amide bonds. The SMILES string of the molecule is Cc1cc(C)nc(-n2nc(C)c(CC(=O)Nc3nc(-c4cc(Cl)sc4Cl)cs3)c2C)n1. The van der Waals surface area contributed by atoms with Crippen molar-refractivity contribution in [3.63, 3.8) is 0 Å². The van der Waals surface area contributed by atoms with Gasteiger partial charge in [0.15, 0.2) is 5.13 Å². The number of rotatable bonds is 5. The lowest BCUT2D eigenvalue weighted by molar-refractivity contribution is -0.115. The molecule has 1 N–H and O–H groups in total. The zero-order valence-electron chi connectivity index (χ0n) is 17.2. The Morgan fingerprint density at radius 2 is 1.81 bits per heavy atom. The molecule has 0 saturated heterocycles. The quantitative estimate of drug-likeness (QED) is 0.393. The zero-order chi connectivity index (χ0) is 22.3. The van der Waals surface area contributed by atoms with E-state index in [2.05, 4.69) is 25.4 Å². The number of carbonyl (C=O) groups is 1. The number of hydrogen-bond donors (Lipinski definition) is 1. The molecule has 31 heavy (non-hydrogen) atoms. The Balaban J connectivity index is 1.52. The Kier molecular flexibility index (Phi) is 6.11. The molecule has 0 bridgehead atoms. The standard InChI is InChI=1S/C20H18Cl2N6OS2/c1-9-5-10(2)24-19(23-9)28-12(4)13(11(3)27-28)7-17(29)26-20-25-15(8-30-20)14-6-16(21)31-18(14)22/h5-6,8H,7H2,1-4H3,(H,25,26,29). The van der Waals surface area contributed by atoms with Crippen LogP contribution in [0.3, 0.4) is 0 Å². The smallest absolute Gasteiger partial charge is 0.251 e. The molecule has 0 spiro atoms. The van der Waals surface area contributed by atoms with Crippen molar-refractivity contribution in [2.24, 2.45) is 0 Å². The summed E-state index contributed by atoms with van der Waals surface area (Å²) in [6, 6.07) is 3.68. The van der Waals surface area contributed by atoms with Gasteiger partial charge in [-0.2, -0.15) is 5.10 Å². The van der Waals surface area contributed by atoms with E-state index in [4.69, 9.17) is 23.2 Å². The molecule has 0 aliphatic heterocycles. The maximum Gasteiger partial charge on any atom is 0.251 e. The fourth-order valence-corrected chi connectivity index (χ4v) is 5.43. The number of anilines is 1. The van der Waals surface area contributed by atoms with E-state index in [1.807, 2.05) is 39.1 Å². The van der Waals surface area contributed by atoms with Gasteiger partial charge in [-0.3, -0.25) is 4.79 Å². The molecule has 4 heterocycles. The van der Waals surface area contributed by atoms with Gasteiger partial charge in [-0.05, 0) is 39.8 Å². The van der Waals surface area contributed by atoms with E-state index in [0.717, 1.165) is 33.9 Å². The van der Waals surface area contributed by atoms with Crippen molar-refractivity contribution in [3.05, 3.63) is 54.5 Å². The average Bonchev–Trinajstić information content (AvgIpc) is 3.34. The lowest BCUT2D eigenvalue weighted by Crippen LogP contribution is -2.15. The monoisotopic (exact) mass is 492 g/mol. The maximum absolute atomic E-state index is 12.7. The fourth-order valence-electron chi connectivity index (χ4n) is 3.22. The number of amides is 1. The van der Waals surface area contributed by atoms with E-state index < -0.39 is 0 Å². The van der Waals surface area contributed by atoms with E-state index in [0.29, 0.717) is 25.4 Å². The number of nitrogens with one attached hydrogen (secondary N) is 1. The topological polar surface area (TPSA) is 85.6 Å². The van der Waals surface area contributed by atoms with Crippen LogP contribution in [0, 0.1) is 27.7 Å². The number of carbonyl (C=O) groups excluding carboxylic acids is 1. The molecule has 0 aliphatic carbocycles. The Bertz CT molecular complexity index is 1270. The number of hydrogen-bond acceptors (Lipinski definition) is 7. The third-order valence-electron chi connectivity index (χ3n) is 4.62. The van der Waals surface area contributed by atoms with Gasteiger partial charge >= 0.3 is 0 Å². The molecular formula is C20H18Cl2N6OS2. The van der Waals surface area contributed by atoms with E-state index in [1.165, 1.54) is 22.7 Å². The van der Waals surface area contributed by atoms with Gasteiger partial charge in [0.1, 0.15) is 4.34 Å². The zero-order valence-corrected chi connectivity index (χ0v) is 20.3. The second kappa shape index (κ2) is 8.66. The van der Waals surface area contributed by atoms with Crippen LogP contribution in [-0.2, 0) is 11.2 Å². The summed E-state index contributed by atoms with van der Waals surface area (Å²) in [6.07, 6.45) is 0.169.